The Kier molecular flexibility index (Phi) is 7.02. The van der Waals surface area contributed by atoms with Crippen LogP contribution in [0.5, 0.6) is 5.75 Å². The minimum atomic E-state index is -3.68. The molecule has 1 atom stereocenters. The van der Waals surface area contributed by atoms with Crippen molar-refractivity contribution in [3.8, 4) is 5.75 Å². The predicted molar refractivity (Wildman–Crippen MR) is 105 cm³/mol. The van der Waals surface area contributed by atoms with Crippen molar-refractivity contribution in [3.05, 3.63) is 60.2 Å². The Morgan fingerprint density at radius 2 is 1.96 bits per heavy atom. The number of rotatable bonds is 9. The fourth-order valence-corrected chi connectivity index (χ4v) is 3.97. The average Bonchev–Trinajstić information content (AvgIpc) is 3.24. The first-order valence-corrected chi connectivity index (χ1v) is 10.7. The van der Waals surface area contributed by atoms with Crippen LogP contribution in [0.15, 0.2) is 59.5 Å². The van der Waals surface area contributed by atoms with Gasteiger partial charge in [0.1, 0.15) is 12.4 Å². The van der Waals surface area contributed by atoms with E-state index >= 15 is 0 Å². The number of hydrogen-bond donors (Lipinski definition) is 2. The highest BCUT2D eigenvalue weighted by Gasteiger charge is 2.21. The lowest BCUT2D eigenvalue weighted by atomic mass is 10.1. The van der Waals surface area contributed by atoms with Crippen LogP contribution in [0.25, 0.3) is 0 Å². The van der Waals surface area contributed by atoms with E-state index in [1.807, 2.05) is 30.3 Å². The van der Waals surface area contributed by atoms with Gasteiger partial charge >= 0.3 is 0 Å². The maximum absolute atomic E-state index is 12.5. The molecule has 1 heterocycles. The first-order chi connectivity index (χ1) is 13.5. The summed E-state index contributed by atoms with van der Waals surface area (Å²) in [6, 6.07) is 15.3. The Morgan fingerprint density at radius 3 is 2.71 bits per heavy atom. The van der Waals surface area contributed by atoms with Gasteiger partial charge in [0.2, 0.25) is 10.0 Å². The third-order valence-corrected chi connectivity index (χ3v) is 5.81. The molecule has 0 bridgehead atoms. The second kappa shape index (κ2) is 9.68. The Morgan fingerprint density at radius 1 is 1.14 bits per heavy atom. The molecule has 1 aliphatic rings. The second-order valence-electron chi connectivity index (χ2n) is 6.53. The second-order valence-corrected chi connectivity index (χ2v) is 8.29. The van der Waals surface area contributed by atoms with E-state index in [-0.39, 0.29) is 22.3 Å². The molecule has 0 aromatic heterocycles. The number of nitrogens with one attached hydrogen (secondary N) is 2. The molecule has 0 radical (unpaired) electrons. The summed E-state index contributed by atoms with van der Waals surface area (Å²) in [6.07, 6.45) is 0.843. The van der Waals surface area contributed by atoms with Crippen LogP contribution in [0.1, 0.15) is 16.8 Å². The molecule has 7 nitrogen and oxygen atoms in total. The highest BCUT2D eigenvalue weighted by Crippen LogP contribution is 2.15. The van der Waals surface area contributed by atoms with Gasteiger partial charge in [0.25, 0.3) is 5.91 Å². The van der Waals surface area contributed by atoms with Gasteiger partial charge in [0.05, 0.1) is 18.0 Å². The summed E-state index contributed by atoms with van der Waals surface area (Å²) >= 11 is 0. The molecule has 2 aromatic carbocycles. The molecule has 3 rings (SSSR count). The lowest BCUT2D eigenvalue weighted by molar-refractivity contribution is 0.0947. The highest BCUT2D eigenvalue weighted by molar-refractivity contribution is 7.89. The van der Waals surface area contributed by atoms with Crippen molar-refractivity contribution in [1.29, 1.82) is 0 Å². The zero-order valence-corrected chi connectivity index (χ0v) is 16.3. The quantitative estimate of drug-likeness (QED) is 0.622. The Hall–Kier alpha value is -2.42. The molecule has 2 aromatic rings. The van der Waals surface area contributed by atoms with Gasteiger partial charge in [-0.15, -0.1) is 0 Å². The summed E-state index contributed by atoms with van der Waals surface area (Å²) < 4.78 is 38.3. The van der Waals surface area contributed by atoms with Crippen molar-refractivity contribution < 1.29 is 22.7 Å². The normalized spacial score (nSPS) is 16.6. The first-order valence-electron chi connectivity index (χ1n) is 9.18. The molecule has 0 spiro atoms. The van der Waals surface area contributed by atoms with Gasteiger partial charge in [-0.1, -0.05) is 24.3 Å². The van der Waals surface area contributed by atoms with Crippen LogP contribution in [0.2, 0.25) is 0 Å². The molecule has 0 saturated carbocycles. The largest absolute Gasteiger partial charge is 0.492 e. The number of carbonyl (C=O) groups excluding carboxylic acids is 1. The molecule has 0 unspecified atom stereocenters. The number of ether oxygens (including phenoxy) is 2. The number of sulfonamides is 1. The monoisotopic (exact) mass is 404 g/mol. The van der Waals surface area contributed by atoms with Crippen molar-refractivity contribution in [2.75, 3.05) is 32.9 Å². The lowest BCUT2D eigenvalue weighted by Gasteiger charge is -2.11. The molecule has 1 aliphatic heterocycles. The van der Waals surface area contributed by atoms with Crippen LogP contribution in [-0.2, 0) is 14.8 Å². The lowest BCUT2D eigenvalue weighted by Crippen LogP contribution is -2.30. The van der Waals surface area contributed by atoms with Gasteiger partial charge < -0.3 is 14.8 Å². The van der Waals surface area contributed by atoms with E-state index < -0.39 is 10.0 Å². The number of hydrogen-bond acceptors (Lipinski definition) is 5. The Balaban J connectivity index is 1.51. The molecule has 0 aliphatic carbocycles. The van der Waals surface area contributed by atoms with E-state index in [4.69, 9.17) is 9.47 Å². The molecule has 1 saturated heterocycles. The maximum atomic E-state index is 12.5. The topological polar surface area (TPSA) is 93.7 Å². The third-order valence-electron chi connectivity index (χ3n) is 4.39. The average molecular weight is 404 g/mol. The zero-order chi connectivity index (χ0) is 19.8. The van der Waals surface area contributed by atoms with Crippen LogP contribution < -0.4 is 14.8 Å². The van der Waals surface area contributed by atoms with Crippen LogP contribution in [0, 0.1) is 5.92 Å². The molecule has 150 valence electrons. The van der Waals surface area contributed by atoms with Crippen LogP contribution in [0.4, 0.5) is 0 Å². The van der Waals surface area contributed by atoms with Crippen molar-refractivity contribution >= 4 is 15.9 Å². The smallest absolute Gasteiger partial charge is 0.251 e. The summed E-state index contributed by atoms with van der Waals surface area (Å²) in [5.74, 6) is 0.562. The van der Waals surface area contributed by atoms with Crippen LogP contribution in [-0.4, -0.2) is 47.2 Å². The molecule has 8 heteroatoms. The van der Waals surface area contributed by atoms with E-state index in [0.717, 1.165) is 12.2 Å². The predicted octanol–water partition coefficient (Wildman–Crippen LogP) is 1.81. The van der Waals surface area contributed by atoms with E-state index in [2.05, 4.69) is 10.0 Å². The minimum Gasteiger partial charge on any atom is -0.492 e. The number of para-hydroxylation sites is 1. The van der Waals surface area contributed by atoms with E-state index in [1.165, 1.54) is 12.1 Å². The highest BCUT2D eigenvalue weighted by atomic mass is 32.2. The molecule has 1 fully saturated rings. The summed E-state index contributed by atoms with van der Waals surface area (Å²) in [5, 5.41) is 2.73. The standard InChI is InChI=1S/C20H24N2O5S/c23-20(21-10-12-27-18-6-2-1-3-7-18)17-5-4-8-19(13-17)28(24,25)22-14-16-9-11-26-15-16/h1-8,13,16,22H,9-12,14-15H2,(H,21,23)/t16-/m0/s1. The zero-order valence-electron chi connectivity index (χ0n) is 15.5. The Bertz CT molecular complexity index is 880. The maximum Gasteiger partial charge on any atom is 0.251 e. The fraction of sp³-hybridized carbons (Fsp3) is 0.350. The van der Waals surface area contributed by atoms with Gasteiger partial charge in [-0.3, -0.25) is 4.79 Å². The Labute approximate surface area is 165 Å². The molecule has 1 amide bonds. The van der Waals surface area contributed by atoms with Gasteiger partial charge in [0, 0.05) is 18.7 Å². The van der Waals surface area contributed by atoms with Gasteiger partial charge in [-0.25, -0.2) is 13.1 Å². The van der Waals surface area contributed by atoms with Crippen LogP contribution in [0.3, 0.4) is 0 Å². The SMILES string of the molecule is O=C(NCCOc1ccccc1)c1cccc(S(=O)(=O)NC[C@@H]2CCOC2)c1. The number of amides is 1. The van der Waals surface area contributed by atoms with Gasteiger partial charge in [-0.2, -0.15) is 0 Å². The van der Waals surface area contributed by atoms with Gasteiger partial charge in [0.15, 0.2) is 0 Å². The summed E-state index contributed by atoms with van der Waals surface area (Å²) in [6.45, 7) is 2.19. The molecular weight excluding hydrogens is 380 g/mol. The van der Waals surface area contributed by atoms with Crippen molar-refractivity contribution in [1.82, 2.24) is 10.0 Å². The van der Waals surface area contributed by atoms with E-state index in [9.17, 15) is 13.2 Å². The first kappa shape index (κ1) is 20.3. The number of carbonyl (C=O) groups is 1. The summed E-state index contributed by atoms with van der Waals surface area (Å²) in [5.41, 5.74) is 0.284. The van der Waals surface area contributed by atoms with Crippen molar-refractivity contribution in [2.45, 2.75) is 11.3 Å². The number of benzene rings is 2. The van der Waals surface area contributed by atoms with Crippen molar-refractivity contribution in [3.63, 3.8) is 0 Å². The van der Waals surface area contributed by atoms with Crippen LogP contribution >= 0.6 is 0 Å². The fourth-order valence-electron chi connectivity index (χ4n) is 2.81. The summed E-state index contributed by atoms with van der Waals surface area (Å²) in [4.78, 5) is 12.4. The third kappa shape index (κ3) is 5.79. The molecular formula is C20H24N2O5S. The van der Waals surface area contributed by atoms with E-state index in [0.29, 0.717) is 32.9 Å². The van der Waals surface area contributed by atoms with Gasteiger partial charge in [-0.05, 0) is 42.7 Å². The van der Waals surface area contributed by atoms with E-state index in [1.54, 1.807) is 12.1 Å². The minimum absolute atomic E-state index is 0.0691. The van der Waals surface area contributed by atoms with Crippen molar-refractivity contribution in [2.24, 2.45) is 5.92 Å². The summed E-state index contributed by atoms with van der Waals surface area (Å²) in [7, 11) is -3.68. The molecule has 2 N–H and O–H groups in total. The molecule has 28 heavy (non-hydrogen) atoms.